The molecule has 0 aromatic carbocycles. The summed E-state index contributed by atoms with van der Waals surface area (Å²) in [7, 11) is 0. The van der Waals surface area contributed by atoms with E-state index < -0.39 is 0 Å². The van der Waals surface area contributed by atoms with Crippen LogP contribution in [0.3, 0.4) is 0 Å². The molecule has 2 atom stereocenters. The summed E-state index contributed by atoms with van der Waals surface area (Å²) in [5.74, 6) is 1.97. The van der Waals surface area contributed by atoms with E-state index in [1.807, 2.05) is 6.33 Å². The largest absolute Gasteiger partial charge is 0.313 e. The number of nitrogens with zero attached hydrogens (tertiary/aromatic N) is 3. The first-order chi connectivity index (χ1) is 8.34. The molecule has 0 spiro atoms. The molecule has 2 aliphatic rings. The average Bonchev–Trinajstić information content (AvgIpc) is 3.00. The first-order valence-electron chi connectivity index (χ1n) is 6.97. The van der Waals surface area contributed by atoms with Crippen LogP contribution in [0.1, 0.15) is 63.4 Å². The third-order valence-electron chi connectivity index (χ3n) is 4.30. The first kappa shape index (κ1) is 11.2. The zero-order chi connectivity index (χ0) is 11.7. The van der Waals surface area contributed by atoms with E-state index in [4.69, 9.17) is 0 Å². The molecule has 1 aliphatic carbocycles. The third-order valence-corrected chi connectivity index (χ3v) is 4.30. The van der Waals surface area contributed by atoms with Gasteiger partial charge in [0.1, 0.15) is 12.2 Å². The van der Waals surface area contributed by atoms with Crippen LogP contribution in [0.25, 0.3) is 0 Å². The summed E-state index contributed by atoms with van der Waals surface area (Å²) < 4.78 is 2.34. The molecular formula is C13H22N4. The van der Waals surface area contributed by atoms with Crippen LogP contribution < -0.4 is 5.32 Å². The average molecular weight is 234 g/mol. The lowest BCUT2D eigenvalue weighted by Gasteiger charge is -2.28. The molecule has 4 nitrogen and oxygen atoms in total. The smallest absolute Gasteiger partial charge is 0.150 e. The van der Waals surface area contributed by atoms with Gasteiger partial charge in [-0.3, -0.25) is 0 Å². The molecule has 1 N–H and O–H groups in total. The van der Waals surface area contributed by atoms with Gasteiger partial charge in [-0.1, -0.05) is 19.8 Å². The van der Waals surface area contributed by atoms with E-state index in [2.05, 4.69) is 27.0 Å². The molecule has 0 radical (unpaired) electrons. The van der Waals surface area contributed by atoms with Gasteiger partial charge in [-0.25, -0.2) is 0 Å². The number of aromatic nitrogens is 3. The van der Waals surface area contributed by atoms with Gasteiger partial charge < -0.3 is 9.88 Å². The second kappa shape index (κ2) is 4.77. The summed E-state index contributed by atoms with van der Waals surface area (Å²) in [6, 6.07) is 1.07. The minimum absolute atomic E-state index is 0.418. The molecular weight excluding hydrogens is 212 g/mol. The van der Waals surface area contributed by atoms with Crippen molar-refractivity contribution < 1.29 is 0 Å². The minimum atomic E-state index is 0.418. The van der Waals surface area contributed by atoms with Crippen LogP contribution in [0, 0.1) is 5.92 Å². The van der Waals surface area contributed by atoms with Crippen molar-refractivity contribution in [3.8, 4) is 0 Å². The lowest BCUT2D eigenvalue weighted by Crippen LogP contribution is -2.33. The Kier molecular flexibility index (Phi) is 3.14. The van der Waals surface area contributed by atoms with E-state index in [-0.39, 0.29) is 0 Å². The summed E-state index contributed by atoms with van der Waals surface area (Å²) in [6.45, 7) is 3.45. The van der Waals surface area contributed by atoms with Crippen molar-refractivity contribution in [2.45, 2.75) is 57.5 Å². The molecule has 94 valence electrons. The highest BCUT2D eigenvalue weighted by atomic mass is 15.3. The zero-order valence-corrected chi connectivity index (χ0v) is 10.6. The van der Waals surface area contributed by atoms with Gasteiger partial charge in [-0.05, 0) is 38.1 Å². The summed E-state index contributed by atoms with van der Waals surface area (Å²) in [6.07, 6.45) is 9.74. The highest BCUT2D eigenvalue weighted by molar-refractivity contribution is 5.00. The van der Waals surface area contributed by atoms with E-state index in [0.29, 0.717) is 12.1 Å². The monoisotopic (exact) mass is 234 g/mol. The second-order valence-electron chi connectivity index (χ2n) is 5.67. The predicted molar refractivity (Wildman–Crippen MR) is 66.7 cm³/mol. The Bertz CT molecular complexity index is 367. The Morgan fingerprint density at radius 3 is 2.88 bits per heavy atom. The molecule has 2 heterocycles. The number of nitrogens with one attached hydrogen (secondary N) is 1. The van der Waals surface area contributed by atoms with Crippen molar-refractivity contribution >= 4 is 0 Å². The van der Waals surface area contributed by atoms with E-state index in [1.54, 1.807) is 0 Å². The van der Waals surface area contributed by atoms with Crippen molar-refractivity contribution in [3.05, 3.63) is 12.2 Å². The Balaban J connectivity index is 1.79. The maximum Gasteiger partial charge on any atom is 0.150 e. The van der Waals surface area contributed by atoms with Gasteiger partial charge in [0.2, 0.25) is 0 Å². The highest BCUT2D eigenvalue weighted by Crippen LogP contribution is 2.33. The maximum atomic E-state index is 4.37. The fourth-order valence-electron chi connectivity index (χ4n) is 3.27. The molecule has 0 amide bonds. The van der Waals surface area contributed by atoms with Crippen LogP contribution in [0.2, 0.25) is 0 Å². The van der Waals surface area contributed by atoms with Crippen LogP contribution in [-0.2, 0) is 0 Å². The van der Waals surface area contributed by atoms with Crippen molar-refractivity contribution in [3.63, 3.8) is 0 Å². The van der Waals surface area contributed by atoms with Crippen LogP contribution in [0.15, 0.2) is 6.33 Å². The van der Waals surface area contributed by atoms with Gasteiger partial charge in [0.15, 0.2) is 0 Å². The van der Waals surface area contributed by atoms with E-state index in [9.17, 15) is 0 Å². The zero-order valence-electron chi connectivity index (χ0n) is 10.6. The topological polar surface area (TPSA) is 42.7 Å². The maximum absolute atomic E-state index is 4.37. The van der Waals surface area contributed by atoms with Gasteiger partial charge in [-0.2, -0.15) is 0 Å². The summed E-state index contributed by atoms with van der Waals surface area (Å²) in [5, 5.41) is 12.1. The van der Waals surface area contributed by atoms with Gasteiger partial charge >= 0.3 is 0 Å². The third kappa shape index (κ3) is 2.23. The molecule has 2 fully saturated rings. The van der Waals surface area contributed by atoms with Crippen LogP contribution in [0.4, 0.5) is 0 Å². The number of piperidine rings is 1. The Labute approximate surface area is 103 Å². The normalized spacial score (nSPS) is 30.9. The lowest BCUT2D eigenvalue weighted by atomic mass is 9.94. The minimum Gasteiger partial charge on any atom is -0.313 e. The Hall–Kier alpha value is -0.900. The van der Waals surface area contributed by atoms with Crippen LogP contribution in [0.5, 0.6) is 0 Å². The fraction of sp³-hybridized carbons (Fsp3) is 0.846. The molecule has 2 unspecified atom stereocenters. The molecule has 1 saturated carbocycles. The van der Waals surface area contributed by atoms with E-state index >= 15 is 0 Å². The molecule has 1 saturated heterocycles. The number of rotatable bonds is 2. The second-order valence-corrected chi connectivity index (χ2v) is 5.67. The van der Waals surface area contributed by atoms with Crippen molar-refractivity contribution in [1.29, 1.82) is 0 Å². The highest BCUT2D eigenvalue weighted by Gasteiger charge is 2.27. The Morgan fingerprint density at radius 2 is 2.12 bits per heavy atom. The number of hydrogen-bond donors (Lipinski definition) is 1. The fourth-order valence-corrected chi connectivity index (χ4v) is 3.27. The van der Waals surface area contributed by atoms with Crippen molar-refractivity contribution in [1.82, 2.24) is 20.1 Å². The molecule has 3 rings (SSSR count). The summed E-state index contributed by atoms with van der Waals surface area (Å²) in [4.78, 5) is 0. The molecule has 17 heavy (non-hydrogen) atoms. The molecule has 4 heteroatoms. The first-order valence-corrected chi connectivity index (χ1v) is 6.97. The molecule has 1 aliphatic heterocycles. The van der Waals surface area contributed by atoms with Gasteiger partial charge in [-0.15, -0.1) is 10.2 Å². The van der Waals surface area contributed by atoms with Crippen molar-refractivity contribution in [2.24, 2.45) is 5.92 Å². The molecule has 0 bridgehead atoms. The van der Waals surface area contributed by atoms with Crippen molar-refractivity contribution in [2.75, 3.05) is 6.54 Å². The van der Waals surface area contributed by atoms with Crippen LogP contribution >= 0.6 is 0 Å². The predicted octanol–water partition coefficient (Wildman–Crippen LogP) is 2.45. The quantitative estimate of drug-likeness (QED) is 0.854. The van der Waals surface area contributed by atoms with E-state index in [1.165, 1.54) is 44.3 Å². The molecule has 1 aromatic heterocycles. The standard InChI is InChI=1S/C13H22N4/c1-10-6-7-14-12(8-10)13-16-15-9-17(13)11-4-2-3-5-11/h9-12,14H,2-8H2,1H3. The van der Waals surface area contributed by atoms with Crippen LogP contribution in [-0.4, -0.2) is 21.3 Å². The summed E-state index contributed by atoms with van der Waals surface area (Å²) >= 11 is 0. The molecule has 1 aromatic rings. The van der Waals surface area contributed by atoms with E-state index in [0.717, 1.165) is 12.5 Å². The number of hydrogen-bond acceptors (Lipinski definition) is 3. The Morgan fingerprint density at radius 1 is 1.29 bits per heavy atom. The summed E-state index contributed by atoms with van der Waals surface area (Å²) in [5.41, 5.74) is 0. The van der Waals surface area contributed by atoms with Gasteiger partial charge in [0.05, 0.1) is 6.04 Å². The van der Waals surface area contributed by atoms with Gasteiger partial charge in [0, 0.05) is 6.04 Å². The SMILES string of the molecule is CC1CCNC(c2nncn2C2CCCC2)C1. The lowest BCUT2D eigenvalue weighted by molar-refractivity contribution is 0.303. The van der Waals surface area contributed by atoms with Gasteiger partial charge in [0.25, 0.3) is 0 Å².